The molecule has 46 heavy (non-hydrogen) atoms. The first-order valence-corrected chi connectivity index (χ1v) is 17.3. The van der Waals surface area contributed by atoms with E-state index in [0.29, 0.717) is 32.6 Å². The molecule has 0 aromatic rings. The maximum Gasteiger partial charge on any atom is 0.409 e. The number of carbonyl (C=O) groups excluding carboxylic acids is 2. The van der Waals surface area contributed by atoms with Crippen LogP contribution in [0.25, 0.3) is 0 Å². The number of nitrogens with one attached hydrogen (secondary N) is 1. The van der Waals surface area contributed by atoms with Gasteiger partial charge in [0.15, 0.2) is 6.04 Å². The third-order valence-electron chi connectivity index (χ3n) is 9.36. The van der Waals surface area contributed by atoms with E-state index in [1.807, 2.05) is 13.0 Å². The van der Waals surface area contributed by atoms with E-state index < -0.39 is 36.7 Å². The van der Waals surface area contributed by atoms with Gasteiger partial charge in [0.05, 0.1) is 42.5 Å². The molecule has 0 aromatic heterocycles. The van der Waals surface area contributed by atoms with Gasteiger partial charge in [0, 0.05) is 62.1 Å². The molecule has 3 aliphatic heterocycles. The summed E-state index contributed by atoms with van der Waals surface area (Å²) >= 11 is 2.19. The molecule has 0 saturated carbocycles. The van der Waals surface area contributed by atoms with Crippen LogP contribution >= 0.6 is 22.9 Å². The smallest absolute Gasteiger partial charge is 0.409 e. The summed E-state index contributed by atoms with van der Waals surface area (Å²) in [7, 11) is 1.62. The van der Waals surface area contributed by atoms with Crippen molar-refractivity contribution in [2.75, 3.05) is 39.9 Å². The number of carboxylic acids is 1. The first-order chi connectivity index (χ1) is 21.6. The summed E-state index contributed by atoms with van der Waals surface area (Å²) in [6.07, 6.45) is 6.81. The molecule has 12 nitrogen and oxygen atoms in total. The maximum absolute atomic E-state index is 12.8. The fourth-order valence-electron chi connectivity index (χ4n) is 6.77. The number of allylic oxidation sites excluding steroid dienone is 3. The number of aliphatic carboxylic acids is 1. The molecule has 0 aromatic carbocycles. The zero-order chi connectivity index (χ0) is 34.2. The standard InChI is InChI=1S/C33H54IN3O9/c1-20(18-33(6)30(46-33)23(4)29(43-7)24(5)38)9-8-10-21(2)28-22(3)11-12-25(45-28)17-27(39)35-26(31(40)41)19-44-32(42)36-13-15-37(34)16-14-36/h8-10,20,22-26,28-30,38H,11-19H2,1-7H3,(H,35,39)(H,40,41)/b9-8+,21-10+/t20-,22+,23-,24-,25-,26+,28-,29-,30-,33-/m1/s1. The average molecular weight is 764 g/mol. The normalized spacial score (nSPS) is 30.7. The van der Waals surface area contributed by atoms with Crippen molar-refractivity contribution in [2.24, 2.45) is 17.8 Å². The Bertz CT molecular complexity index is 1100. The lowest BCUT2D eigenvalue weighted by Crippen LogP contribution is -2.49. The van der Waals surface area contributed by atoms with E-state index in [2.05, 4.69) is 71.1 Å². The SMILES string of the molecule is CO[C@H]([C@@H](C)[C@H]1O[C@]1(C)C[C@H](C)/C=C/C=C(\C)[C@H]1O[C@@H](CC(=O)N[C@@H](COC(=O)N2CCN(I)CC2)C(=O)O)CC[C@@H]1C)[C@@H](C)O. The second-order valence-electron chi connectivity index (χ2n) is 13.5. The lowest BCUT2D eigenvalue weighted by atomic mass is 9.85. The van der Waals surface area contributed by atoms with Gasteiger partial charge in [-0.25, -0.2) is 12.7 Å². The van der Waals surface area contributed by atoms with Crippen molar-refractivity contribution in [1.29, 1.82) is 0 Å². The number of halogens is 1. The number of hydrogen-bond acceptors (Lipinski definition) is 9. The molecule has 3 N–H and O–H groups in total. The molecular weight excluding hydrogens is 709 g/mol. The highest BCUT2D eigenvalue weighted by atomic mass is 127. The Morgan fingerprint density at radius 3 is 2.43 bits per heavy atom. The predicted octanol–water partition coefficient (Wildman–Crippen LogP) is 3.95. The molecule has 0 aliphatic carbocycles. The molecule has 3 rings (SSSR count). The fourth-order valence-corrected chi connectivity index (χ4v) is 7.20. The lowest BCUT2D eigenvalue weighted by molar-refractivity contribution is -0.144. The number of aliphatic hydroxyl groups is 1. The van der Waals surface area contributed by atoms with Crippen LogP contribution in [0.3, 0.4) is 0 Å². The van der Waals surface area contributed by atoms with Gasteiger partial charge >= 0.3 is 12.1 Å². The first kappa shape index (κ1) is 38.7. The number of amides is 2. The molecule has 10 atom stereocenters. The molecule has 3 fully saturated rings. The van der Waals surface area contributed by atoms with Crippen molar-refractivity contribution in [3.05, 3.63) is 23.8 Å². The Balaban J connectivity index is 1.47. The molecule has 0 unspecified atom stereocenters. The van der Waals surface area contributed by atoms with Gasteiger partial charge in [-0.1, -0.05) is 39.0 Å². The summed E-state index contributed by atoms with van der Waals surface area (Å²) in [5.74, 6) is -1.11. The van der Waals surface area contributed by atoms with Crippen molar-refractivity contribution in [3.8, 4) is 0 Å². The van der Waals surface area contributed by atoms with Crippen LogP contribution in [0.5, 0.6) is 0 Å². The Kier molecular flexibility index (Phi) is 14.8. The van der Waals surface area contributed by atoms with E-state index in [1.54, 1.807) is 14.0 Å². The number of hydrogen-bond donors (Lipinski definition) is 3. The predicted molar refractivity (Wildman–Crippen MR) is 181 cm³/mol. The second kappa shape index (κ2) is 17.6. The molecule has 0 spiro atoms. The summed E-state index contributed by atoms with van der Waals surface area (Å²) in [6, 6.07) is -1.34. The van der Waals surface area contributed by atoms with Gasteiger partial charge in [0.1, 0.15) is 6.61 Å². The van der Waals surface area contributed by atoms with Crippen molar-refractivity contribution < 1.29 is 43.5 Å². The van der Waals surface area contributed by atoms with Gasteiger partial charge in [0.25, 0.3) is 0 Å². The first-order valence-electron chi connectivity index (χ1n) is 16.4. The number of rotatable bonds is 15. The van der Waals surface area contributed by atoms with Crippen molar-refractivity contribution in [1.82, 2.24) is 13.3 Å². The molecule has 2 amide bonds. The van der Waals surface area contributed by atoms with Crippen LogP contribution in [0.1, 0.15) is 67.2 Å². The highest BCUT2D eigenvalue weighted by Crippen LogP contribution is 2.47. The molecule has 13 heteroatoms. The average Bonchev–Trinajstić information content (AvgIpc) is 3.66. The lowest BCUT2D eigenvalue weighted by Gasteiger charge is -2.35. The quantitative estimate of drug-likeness (QED) is 0.0969. The summed E-state index contributed by atoms with van der Waals surface area (Å²) in [5, 5.41) is 22.2. The highest BCUT2D eigenvalue weighted by molar-refractivity contribution is 14.1. The number of carboxylic acid groups (broad SMARTS) is 1. The van der Waals surface area contributed by atoms with E-state index in [1.165, 1.54) is 4.90 Å². The van der Waals surface area contributed by atoms with Crippen LogP contribution in [0.2, 0.25) is 0 Å². The molecule has 3 heterocycles. The van der Waals surface area contributed by atoms with E-state index in [9.17, 15) is 24.6 Å². The summed E-state index contributed by atoms with van der Waals surface area (Å²) in [5.41, 5.74) is 0.800. The number of carbonyl (C=O) groups is 3. The highest BCUT2D eigenvalue weighted by Gasteiger charge is 2.56. The van der Waals surface area contributed by atoms with Crippen molar-refractivity contribution in [3.63, 3.8) is 0 Å². The molecule has 262 valence electrons. The van der Waals surface area contributed by atoms with Crippen LogP contribution in [-0.2, 0) is 28.5 Å². The number of methoxy groups -OCH3 is 1. The Morgan fingerprint density at radius 2 is 1.83 bits per heavy atom. The van der Waals surface area contributed by atoms with Crippen molar-refractivity contribution in [2.45, 2.75) is 109 Å². The van der Waals surface area contributed by atoms with E-state index in [-0.39, 0.29) is 54.2 Å². The van der Waals surface area contributed by atoms with Crippen LogP contribution in [0, 0.1) is 17.8 Å². The van der Waals surface area contributed by atoms with E-state index in [0.717, 1.165) is 18.4 Å². The van der Waals surface area contributed by atoms with Crippen LogP contribution in [-0.4, -0.2) is 118 Å². The minimum Gasteiger partial charge on any atom is -0.480 e. The molecule has 0 bridgehead atoms. The summed E-state index contributed by atoms with van der Waals surface area (Å²) in [6.45, 7) is 14.2. The number of nitrogens with zero attached hydrogens (tertiary/aromatic N) is 2. The number of aliphatic hydroxyl groups excluding tert-OH is 1. The van der Waals surface area contributed by atoms with Gasteiger partial charge in [-0.3, -0.25) is 4.79 Å². The molecule has 3 aliphatic rings. The third kappa shape index (κ3) is 11.1. The van der Waals surface area contributed by atoms with Gasteiger partial charge in [0.2, 0.25) is 5.91 Å². The van der Waals surface area contributed by atoms with Crippen LogP contribution in [0.4, 0.5) is 4.79 Å². The minimum atomic E-state index is -1.34. The summed E-state index contributed by atoms with van der Waals surface area (Å²) in [4.78, 5) is 38.5. The van der Waals surface area contributed by atoms with Gasteiger partial charge < -0.3 is 39.4 Å². The number of epoxide rings is 1. The number of ether oxygens (including phenoxy) is 4. The van der Waals surface area contributed by atoms with Gasteiger partial charge in [-0.05, 0) is 57.4 Å². The second-order valence-corrected chi connectivity index (χ2v) is 14.9. The maximum atomic E-state index is 12.8. The zero-order valence-electron chi connectivity index (χ0n) is 28.3. The summed E-state index contributed by atoms with van der Waals surface area (Å²) < 4.78 is 25.2. The van der Waals surface area contributed by atoms with Gasteiger partial charge in [-0.2, -0.15) is 0 Å². The van der Waals surface area contributed by atoms with Crippen LogP contribution in [0.15, 0.2) is 23.8 Å². The fraction of sp³-hybridized carbons (Fsp3) is 0.788. The monoisotopic (exact) mass is 763 g/mol. The third-order valence-corrected chi connectivity index (χ3v) is 10.3. The molecular formula is C33H54IN3O9. The van der Waals surface area contributed by atoms with Gasteiger partial charge in [-0.15, -0.1) is 0 Å². The largest absolute Gasteiger partial charge is 0.480 e. The Hall–Kier alpha value is -1.78. The minimum absolute atomic E-state index is 0.0237. The van der Waals surface area contributed by atoms with E-state index >= 15 is 0 Å². The molecule has 0 radical (unpaired) electrons. The Morgan fingerprint density at radius 1 is 1.15 bits per heavy atom. The topological polar surface area (TPSA) is 150 Å². The Labute approximate surface area is 287 Å². The van der Waals surface area contributed by atoms with E-state index in [4.69, 9.17) is 18.9 Å². The zero-order valence-corrected chi connectivity index (χ0v) is 30.5. The number of piperazine rings is 1. The van der Waals surface area contributed by atoms with Crippen LogP contribution < -0.4 is 5.32 Å². The van der Waals surface area contributed by atoms with Crippen molar-refractivity contribution >= 4 is 40.8 Å². The molecule has 3 saturated heterocycles.